The van der Waals surface area contributed by atoms with Crippen LogP contribution in [0.4, 0.5) is 62.3 Å². The van der Waals surface area contributed by atoms with E-state index in [1.54, 1.807) is 36.9 Å². The molecule has 2 aliphatic rings. The van der Waals surface area contributed by atoms with Crippen LogP contribution in [0.15, 0.2) is 98.1 Å². The van der Waals surface area contributed by atoms with Crippen molar-refractivity contribution in [2.75, 3.05) is 52.4 Å². The van der Waals surface area contributed by atoms with Gasteiger partial charge in [-0.25, -0.2) is 9.59 Å². The molecule has 0 unspecified atom stereocenters. The van der Waals surface area contributed by atoms with E-state index in [0.29, 0.717) is 0 Å². The van der Waals surface area contributed by atoms with E-state index in [4.69, 9.17) is 0 Å². The topological polar surface area (TPSA) is 126 Å². The maximum absolute atomic E-state index is 12.7. The first-order valence-electron chi connectivity index (χ1n) is 18.4. The molecule has 1 amide bonds. The summed E-state index contributed by atoms with van der Waals surface area (Å²) < 4.78 is 152. The van der Waals surface area contributed by atoms with Gasteiger partial charge >= 0.3 is 36.2 Å². The molecule has 64 heavy (non-hydrogen) atoms. The number of piperazine rings is 2. The predicted molar refractivity (Wildman–Crippen MR) is 206 cm³/mol. The summed E-state index contributed by atoms with van der Waals surface area (Å²) in [4.78, 5) is 43.7. The third kappa shape index (κ3) is 16.0. The fourth-order valence-corrected chi connectivity index (χ4v) is 6.48. The lowest BCUT2D eigenvalue weighted by atomic mass is 9.99. The zero-order valence-corrected chi connectivity index (χ0v) is 33.1. The van der Waals surface area contributed by atoms with Gasteiger partial charge in [0.25, 0.3) is 12.2 Å². The van der Waals surface area contributed by atoms with E-state index < -0.39 is 48.4 Å². The molecule has 4 aromatic rings. The summed E-state index contributed by atoms with van der Waals surface area (Å²) in [5, 5.41) is 3.40. The number of hydrogen-bond donors (Lipinski definition) is 1. The lowest BCUT2D eigenvalue weighted by Gasteiger charge is -2.39. The van der Waals surface area contributed by atoms with E-state index in [2.05, 4.69) is 63.4 Å². The summed E-state index contributed by atoms with van der Waals surface area (Å²) in [7, 11) is 0. The van der Waals surface area contributed by atoms with Crippen LogP contribution in [0.5, 0.6) is 0 Å². The van der Waals surface area contributed by atoms with Gasteiger partial charge in [-0.05, 0) is 46.5 Å². The maximum Gasteiger partial charge on any atom is 0.434 e. The first-order valence-corrected chi connectivity index (χ1v) is 18.8. The molecule has 0 atom stereocenters. The zero-order valence-electron chi connectivity index (χ0n) is 32.4. The van der Waals surface area contributed by atoms with Gasteiger partial charge in [-0.15, -0.1) is 0 Å². The summed E-state index contributed by atoms with van der Waals surface area (Å²) in [5.41, 5.74) is 1.97. The molecule has 352 valence electrons. The Bertz CT molecular complexity index is 1870. The van der Waals surface area contributed by atoms with Crippen molar-refractivity contribution in [2.24, 2.45) is 0 Å². The summed E-state index contributed by atoms with van der Waals surface area (Å²) in [5.74, 6) is 0. The predicted octanol–water partition coefficient (Wildman–Crippen LogP) is 8.78. The lowest BCUT2D eigenvalue weighted by molar-refractivity contribution is -0.308. The van der Waals surface area contributed by atoms with Gasteiger partial charge in [0.1, 0.15) is 0 Å². The standard InChI is InChI=1S/C19H18F6N4O2.C15H18N4.C4HClF6O2.CH4/c20-18(21,22)16(19(23,24)25)31-17(30)29-9-7-28(8-10-29)15(13-3-1-5-26-11-13)14-4-2-6-27-12-14;1-3-13(11-17-5-1)15(14-4-2-6-18-12-14)19-9-7-16-8-10-19;5-2(12)13-1(3(6,7)8)4(9,10)11;/h1-6,11-12,15-16H,7-10H2;1-6,11-12,15-16H,7-10H2;1H;1H4. The zero-order chi connectivity index (χ0) is 46.4. The number of alkyl halides is 12. The molecule has 2 fully saturated rings. The number of nitrogens with one attached hydrogen (secondary N) is 1. The fraction of sp³-hybridized carbons (Fsp3) is 0.436. The van der Waals surface area contributed by atoms with E-state index in [0.717, 1.165) is 42.2 Å². The van der Waals surface area contributed by atoms with Crippen LogP contribution in [0, 0.1) is 0 Å². The van der Waals surface area contributed by atoms with Crippen LogP contribution in [0.3, 0.4) is 0 Å². The van der Waals surface area contributed by atoms with Crippen molar-refractivity contribution < 1.29 is 71.7 Å². The Kier molecular flexibility index (Phi) is 19.5. The number of amides is 1. The van der Waals surface area contributed by atoms with E-state index in [1.165, 1.54) is 11.1 Å². The summed E-state index contributed by atoms with van der Waals surface area (Å²) in [6, 6.07) is 15.5. The van der Waals surface area contributed by atoms with Crippen molar-refractivity contribution in [2.45, 2.75) is 56.4 Å². The number of ether oxygens (including phenoxy) is 2. The van der Waals surface area contributed by atoms with Crippen LogP contribution in [-0.4, -0.2) is 135 Å². The minimum atomic E-state index is -5.75. The average Bonchev–Trinajstić information content (AvgIpc) is 3.23. The Morgan fingerprint density at radius 3 is 1.11 bits per heavy atom. The van der Waals surface area contributed by atoms with Crippen molar-refractivity contribution in [1.82, 2.24) is 40.0 Å². The third-order valence-electron chi connectivity index (χ3n) is 9.07. The molecule has 12 nitrogen and oxygen atoms in total. The van der Waals surface area contributed by atoms with Crippen LogP contribution in [0.1, 0.15) is 41.8 Å². The monoisotopic (exact) mass is 948 g/mol. The smallest absolute Gasteiger partial charge is 0.431 e. The molecule has 2 saturated heterocycles. The van der Waals surface area contributed by atoms with Gasteiger partial charge in [0.05, 0.1) is 12.1 Å². The van der Waals surface area contributed by atoms with Crippen molar-refractivity contribution in [3.8, 4) is 0 Å². The number of rotatable bonds is 8. The maximum atomic E-state index is 12.7. The molecular formula is C39H41ClF12N8O4. The number of pyridine rings is 4. The van der Waals surface area contributed by atoms with Crippen LogP contribution in [-0.2, 0) is 9.47 Å². The van der Waals surface area contributed by atoms with E-state index in [-0.39, 0.29) is 45.7 Å². The first-order chi connectivity index (χ1) is 29.6. The number of nitrogens with zero attached hydrogens (tertiary/aromatic N) is 7. The third-order valence-corrected chi connectivity index (χ3v) is 9.16. The van der Waals surface area contributed by atoms with E-state index in [1.807, 2.05) is 54.0 Å². The van der Waals surface area contributed by atoms with Crippen molar-refractivity contribution >= 4 is 23.1 Å². The van der Waals surface area contributed by atoms with Gasteiger partial charge in [-0.3, -0.25) is 29.7 Å². The summed E-state index contributed by atoms with van der Waals surface area (Å²) in [6.07, 6.45) is -18.8. The lowest BCUT2D eigenvalue weighted by Crippen LogP contribution is -2.53. The van der Waals surface area contributed by atoms with E-state index >= 15 is 0 Å². The summed E-state index contributed by atoms with van der Waals surface area (Å²) in [6.45, 7) is 4.38. The first kappa shape index (κ1) is 53.0. The normalized spacial score (nSPS) is 15.4. The van der Waals surface area contributed by atoms with Gasteiger partial charge in [0, 0.05) is 114 Å². The fourth-order valence-electron chi connectivity index (χ4n) is 6.39. The quantitative estimate of drug-likeness (QED) is 0.135. The second-order valence-electron chi connectivity index (χ2n) is 13.4. The van der Waals surface area contributed by atoms with E-state index in [9.17, 15) is 62.3 Å². The molecule has 0 bridgehead atoms. The Labute approximate surface area is 363 Å². The summed E-state index contributed by atoms with van der Waals surface area (Å²) >= 11 is 4.22. The van der Waals surface area contributed by atoms with Crippen molar-refractivity contribution in [3.63, 3.8) is 0 Å². The molecule has 0 aliphatic carbocycles. The largest absolute Gasteiger partial charge is 0.434 e. The van der Waals surface area contributed by atoms with Crippen molar-refractivity contribution in [3.05, 3.63) is 120 Å². The highest BCUT2D eigenvalue weighted by molar-refractivity contribution is 6.61. The SMILES string of the molecule is C.O=C(Cl)OC(C(F)(F)F)C(F)(F)F.O=C(OC(C(F)(F)F)C(F)(F)F)N1CCN(C(c2cccnc2)c2cccnc2)CC1.c1cncc(C(c2cccnc2)N2CCNCC2)c1. The molecule has 0 radical (unpaired) electrons. The number of hydrogen-bond acceptors (Lipinski definition) is 11. The second kappa shape index (κ2) is 23.6. The molecule has 2 aliphatic heterocycles. The van der Waals surface area contributed by atoms with Crippen LogP contribution < -0.4 is 5.32 Å². The molecule has 0 spiro atoms. The van der Waals surface area contributed by atoms with Crippen molar-refractivity contribution in [1.29, 1.82) is 0 Å². The van der Waals surface area contributed by atoms with Gasteiger partial charge < -0.3 is 19.7 Å². The molecule has 6 heterocycles. The Balaban J connectivity index is 0.000000281. The van der Waals surface area contributed by atoms with Crippen LogP contribution in [0.25, 0.3) is 0 Å². The Morgan fingerprint density at radius 2 is 0.844 bits per heavy atom. The number of carbonyl (C=O) groups excluding carboxylic acids is 2. The van der Waals surface area contributed by atoms with Gasteiger partial charge in [-0.1, -0.05) is 31.7 Å². The minimum Gasteiger partial charge on any atom is -0.431 e. The number of halogens is 13. The molecule has 25 heteroatoms. The number of aromatic nitrogens is 4. The van der Waals surface area contributed by atoms with Crippen LogP contribution in [0.2, 0.25) is 0 Å². The molecule has 6 rings (SSSR count). The Morgan fingerprint density at radius 1 is 0.531 bits per heavy atom. The minimum absolute atomic E-state index is 0. The molecule has 4 aromatic heterocycles. The second-order valence-corrected chi connectivity index (χ2v) is 13.7. The van der Waals surface area contributed by atoms with Gasteiger partial charge in [-0.2, -0.15) is 52.7 Å². The molecule has 0 saturated carbocycles. The highest BCUT2D eigenvalue weighted by Gasteiger charge is 2.61. The highest BCUT2D eigenvalue weighted by atomic mass is 35.5. The highest BCUT2D eigenvalue weighted by Crippen LogP contribution is 2.38. The average molecular weight is 949 g/mol. The number of carbonyl (C=O) groups is 2. The molecule has 1 N–H and O–H groups in total. The Hall–Kier alpha value is -5.33. The van der Waals surface area contributed by atoms with Gasteiger partial charge in [0.2, 0.25) is 0 Å². The molecular weight excluding hydrogens is 908 g/mol. The molecule has 0 aromatic carbocycles. The van der Waals surface area contributed by atoms with Crippen LogP contribution >= 0.6 is 11.6 Å². The van der Waals surface area contributed by atoms with Gasteiger partial charge in [0.15, 0.2) is 0 Å².